The molecule has 0 bridgehead atoms. The molecule has 0 radical (unpaired) electrons. The Balaban J connectivity index is 1.51. The molecule has 7 heteroatoms. The van der Waals surface area contributed by atoms with E-state index in [0.717, 1.165) is 22.7 Å². The van der Waals surface area contributed by atoms with Gasteiger partial charge in [0.05, 0.1) is 18.3 Å². The van der Waals surface area contributed by atoms with Gasteiger partial charge in [0.2, 0.25) is 5.91 Å². The number of hydrogen-bond donors (Lipinski definition) is 0. The van der Waals surface area contributed by atoms with E-state index in [4.69, 9.17) is 4.52 Å². The van der Waals surface area contributed by atoms with E-state index in [1.165, 1.54) is 12.1 Å². The third-order valence-corrected chi connectivity index (χ3v) is 5.21. The average molecular weight is 382 g/mol. The second-order valence-electron chi connectivity index (χ2n) is 7.43. The normalized spacial score (nSPS) is 14.8. The lowest BCUT2D eigenvalue weighted by molar-refractivity contribution is -0.133. The van der Waals surface area contributed by atoms with Gasteiger partial charge in [0, 0.05) is 36.2 Å². The molecule has 0 saturated carbocycles. The highest BCUT2D eigenvalue weighted by Crippen LogP contribution is 2.31. The summed E-state index contributed by atoms with van der Waals surface area (Å²) in [6.45, 7) is 6.96. The molecule has 4 rings (SSSR count). The maximum absolute atomic E-state index is 13.6. The van der Waals surface area contributed by atoms with Gasteiger partial charge in [-0.05, 0) is 39.0 Å². The van der Waals surface area contributed by atoms with Crippen molar-refractivity contribution in [3.63, 3.8) is 0 Å². The summed E-state index contributed by atoms with van der Waals surface area (Å²) < 4.78 is 21.0. The Morgan fingerprint density at radius 3 is 2.86 bits per heavy atom. The van der Waals surface area contributed by atoms with Crippen LogP contribution in [0.5, 0.6) is 0 Å². The number of benzene rings is 1. The van der Waals surface area contributed by atoms with Crippen LogP contribution in [0.3, 0.4) is 0 Å². The number of nitrogens with zero attached hydrogens (tertiary/aromatic N) is 4. The van der Waals surface area contributed by atoms with E-state index < -0.39 is 0 Å². The maximum atomic E-state index is 13.6. The number of carbonyl (C=O) groups is 1. The minimum atomic E-state index is -0.322. The molecule has 0 saturated heterocycles. The number of amides is 1. The summed E-state index contributed by atoms with van der Waals surface area (Å²) in [5, 5.41) is 8.62. The van der Waals surface area contributed by atoms with Crippen LogP contribution in [0.2, 0.25) is 0 Å². The highest BCUT2D eigenvalue weighted by Gasteiger charge is 2.28. The molecule has 1 amide bonds. The van der Waals surface area contributed by atoms with Crippen molar-refractivity contribution in [3.8, 4) is 11.3 Å². The Bertz CT molecular complexity index is 1020. The molecule has 146 valence electrons. The number of aryl methyl sites for hydroxylation is 2. The highest BCUT2D eigenvalue weighted by molar-refractivity contribution is 5.77. The molecule has 0 N–H and O–H groups in total. The van der Waals surface area contributed by atoms with Crippen LogP contribution in [0, 0.1) is 19.7 Å². The molecular weight excluding hydrogens is 359 g/mol. The van der Waals surface area contributed by atoms with Gasteiger partial charge < -0.3 is 9.42 Å². The standard InChI is InChI=1S/C21H23FN4O2/c1-13-9-14(2)26(23-13)15(3)10-20(27)25-8-7-19-18(12-25)21(24-28-19)16-5-4-6-17(22)11-16/h4-6,9,11,15H,7-8,10,12H2,1-3H3/t15-/m1/s1. The molecule has 6 nitrogen and oxygen atoms in total. The largest absolute Gasteiger partial charge is 0.360 e. The van der Waals surface area contributed by atoms with E-state index in [9.17, 15) is 9.18 Å². The van der Waals surface area contributed by atoms with E-state index in [1.807, 2.05) is 36.4 Å². The van der Waals surface area contributed by atoms with Crippen LogP contribution in [-0.2, 0) is 17.8 Å². The number of rotatable bonds is 4. The van der Waals surface area contributed by atoms with Crippen LogP contribution < -0.4 is 0 Å². The first-order valence-electron chi connectivity index (χ1n) is 9.46. The summed E-state index contributed by atoms with van der Waals surface area (Å²) in [6, 6.07) is 8.26. The second kappa shape index (κ2) is 7.22. The van der Waals surface area contributed by atoms with Crippen molar-refractivity contribution in [1.82, 2.24) is 19.8 Å². The van der Waals surface area contributed by atoms with E-state index in [1.54, 1.807) is 12.1 Å². The Morgan fingerprint density at radius 1 is 1.32 bits per heavy atom. The molecule has 0 fully saturated rings. The van der Waals surface area contributed by atoms with Gasteiger partial charge in [0.1, 0.15) is 17.3 Å². The van der Waals surface area contributed by atoms with Gasteiger partial charge in [0.25, 0.3) is 0 Å². The van der Waals surface area contributed by atoms with E-state index in [-0.39, 0.29) is 17.8 Å². The van der Waals surface area contributed by atoms with Gasteiger partial charge in [-0.3, -0.25) is 9.48 Å². The van der Waals surface area contributed by atoms with Crippen molar-refractivity contribution in [2.75, 3.05) is 6.54 Å². The zero-order valence-electron chi connectivity index (χ0n) is 16.3. The predicted molar refractivity (Wildman–Crippen MR) is 102 cm³/mol. The van der Waals surface area contributed by atoms with Crippen molar-refractivity contribution in [2.24, 2.45) is 0 Å². The molecule has 28 heavy (non-hydrogen) atoms. The second-order valence-corrected chi connectivity index (χ2v) is 7.43. The predicted octanol–water partition coefficient (Wildman–Crippen LogP) is 3.83. The van der Waals surface area contributed by atoms with E-state index in [2.05, 4.69) is 10.3 Å². The minimum absolute atomic E-state index is 0.0206. The fourth-order valence-corrected chi connectivity index (χ4v) is 3.85. The fraction of sp³-hybridized carbons (Fsp3) is 0.381. The molecule has 3 heterocycles. The molecule has 2 aromatic heterocycles. The van der Waals surface area contributed by atoms with Gasteiger partial charge in [-0.15, -0.1) is 0 Å². The maximum Gasteiger partial charge on any atom is 0.225 e. The van der Waals surface area contributed by atoms with E-state index >= 15 is 0 Å². The highest BCUT2D eigenvalue weighted by atomic mass is 19.1. The Morgan fingerprint density at radius 2 is 2.14 bits per heavy atom. The number of hydrogen-bond acceptors (Lipinski definition) is 4. The number of carbonyl (C=O) groups excluding carboxylic acids is 1. The van der Waals surface area contributed by atoms with Crippen molar-refractivity contribution < 1.29 is 13.7 Å². The lowest BCUT2D eigenvalue weighted by Crippen LogP contribution is -2.36. The van der Waals surface area contributed by atoms with Crippen molar-refractivity contribution in [2.45, 2.75) is 46.2 Å². The lowest BCUT2D eigenvalue weighted by atomic mass is 10.0. The summed E-state index contributed by atoms with van der Waals surface area (Å²) in [4.78, 5) is 14.7. The summed E-state index contributed by atoms with van der Waals surface area (Å²) >= 11 is 0. The van der Waals surface area contributed by atoms with Gasteiger partial charge in [-0.1, -0.05) is 17.3 Å². The van der Waals surface area contributed by atoms with Crippen LogP contribution in [0.4, 0.5) is 4.39 Å². The molecule has 0 unspecified atom stereocenters. The Labute approximate surface area is 162 Å². The van der Waals surface area contributed by atoms with Crippen molar-refractivity contribution in [1.29, 1.82) is 0 Å². The van der Waals surface area contributed by atoms with Crippen LogP contribution in [0.25, 0.3) is 11.3 Å². The average Bonchev–Trinajstić information content (AvgIpc) is 3.23. The summed E-state index contributed by atoms with van der Waals surface area (Å²) in [5.74, 6) is 0.517. The van der Waals surface area contributed by atoms with E-state index in [0.29, 0.717) is 37.2 Å². The monoisotopic (exact) mass is 382 g/mol. The third kappa shape index (κ3) is 3.44. The molecular formula is C21H23FN4O2. The molecule has 0 spiro atoms. The van der Waals surface area contributed by atoms with Crippen LogP contribution in [-0.4, -0.2) is 32.3 Å². The molecule has 1 aromatic carbocycles. The van der Waals surface area contributed by atoms with Gasteiger partial charge in [-0.2, -0.15) is 5.10 Å². The van der Waals surface area contributed by atoms with Crippen LogP contribution in [0.15, 0.2) is 34.9 Å². The summed E-state index contributed by atoms with van der Waals surface area (Å²) in [6.07, 6.45) is 0.982. The zero-order valence-corrected chi connectivity index (χ0v) is 16.3. The fourth-order valence-electron chi connectivity index (χ4n) is 3.85. The summed E-state index contributed by atoms with van der Waals surface area (Å²) in [5.41, 5.74) is 4.13. The van der Waals surface area contributed by atoms with Gasteiger partial charge in [-0.25, -0.2) is 4.39 Å². The van der Waals surface area contributed by atoms with Crippen molar-refractivity contribution >= 4 is 5.91 Å². The quantitative estimate of drug-likeness (QED) is 0.688. The number of halogens is 1. The Kier molecular flexibility index (Phi) is 4.75. The summed E-state index contributed by atoms with van der Waals surface area (Å²) in [7, 11) is 0. The smallest absolute Gasteiger partial charge is 0.225 e. The van der Waals surface area contributed by atoms with Gasteiger partial charge >= 0.3 is 0 Å². The third-order valence-electron chi connectivity index (χ3n) is 5.21. The van der Waals surface area contributed by atoms with Crippen molar-refractivity contribution in [3.05, 3.63) is 58.9 Å². The first-order valence-corrected chi connectivity index (χ1v) is 9.46. The molecule has 3 aromatic rings. The van der Waals surface area contributed by atoms with Gasteiger partial charge in [0.15, 0.2) is 0 Å². The van der Waals surface area contributed by atoms with Crippen LogP contribution in [0.1, 0.15) is 42.1 Å². The number of fused-ring (bicyclic) bond motifs is 1. The molecule has 1 aliphatic heterocycles. The zero-order chi connectivity index (χ0) is 19.8. The minimum Gasteiger partial charge on any atom is -0.360 e. The lowest BCUT2D eigenvalue weighted by Gasteiger charge is -2.27. The Hall–Kier alpha value is -2.96. The van der Waals surface area contributed by atoms with Crippen LogP contribution >= 0.6 is 0 Å². The first-order chi connectivity index (χ1) is 13.4. The molecule has 0 aliphatic carbocycles. The SMILES string of the molecule is Cc1cc(C)n([C@H](C)CC(=O)N2CCc3onc(-c4cccc(F)c4)c3C2)n1. The number of aromatic nitrogens is 3. The topological polar surface area (TPSA) is 64.2 Å². The molecule has 1 aliphatic rings. The molecule has 1 atom stereocenters. The first kappa shape index (κ1) is 18.4.